The van der Waals surface area contributed by atoms with Crippen molar-refractivity contribution in [3.63, 3.8) is 0 Å². The van der Waals surface area contributed by atoms with Crippen molar-refractivity contribution in [2.45, 2.75) is 33.4 Å². The standard InChI is InChI=1S/C23H26N4O2/c1-4-26-13-18-6-5-15(2)21(22(18)29-26)17-7-8-20-19(11-17)12-24-25-23(20)27-9-10-28-14-16(27)3/h5-8,11-12,16H,4,9-10,13-14H2,1-3H3/t16-/m0/s1. The molecule has 0 spiro atoms. The summed E-state index contributed by atoms with van der Waals surface area (Å²) in [5.74, 6) is 1.92. The number of benzene rings is 2. The maximum absolute atomic E-state index is 6.15. The topological polar surface area (TPSA) is 50.7 Å². The van der Waals surface area contributed by atoms with Gasteiger partial charge in [-0.15, -0.1) is 10.2 Å². The Morgan fingerprint density at radius 1 is 1.21 bits per heavy atom. The number of ether oxygens (including phenoxy) is 1. The number of morpholine rings is 1. The smallest absolute Gasteiger partial charge is 0.160 e. The Labute approximate surface area is 171 Å². The lowest BCUT2D eigenvalue weighted by molar-refractivity contribution is -0.0367. The van der Waals surface area contributed by atoms with Gasteiger partial charge in [0.1, 0.15) is 0 Å². The number of hydrogen-bond donors (Lipinski definition) is 0. The number of hydrogen-bond acceptors (Lipinski definition) is 6. The molecule has 0 saturated carbocycles. The molecule has 0 amide bonds. The van der Waals surface area contributed by atoms with E-state index in [1.54, 1.807) is 0 Å². The van der Waals surface area contributed by atoms with E-state index < -0.39 is 0 Å². The number of rotatable bonds is 3. The highest BCUT2D eigenvalue weighted by Crippen LogP contribution is 2.41. The Morgan fingerprint density at radius 3 is 2.93 bits per heavy atom. The zero-order valence-corrected chi connectivity index (χ0v) is 17.2. The molecule has 2 aliphatic heterocycles. The third-order valence-corrected chi connectivity index (χ3v) is 5.94. The van der Waals surface area contributed by atoms with Crippen molar-refractivity contribution in [1.82, 2.24) is 15.3 Å². The molecule has 1 atom stereocenters. The molecule has 3 aromatic rings. The highest BCUT2D eigenvalue weighted by Gasteiger charge is 2.26. The highest BCUT2D eigenvalue weighted by atomic mass is 16.7. The van der Waals surface area contributed by atoms with Crippen LogP contribution >= 0.6 is 0 Å². The van der Waals surface area contributed by atoms with E-state index in [1.807, 2.05) is 11.3 Å². The number of hydroxylamine groups is 2. The monoisotopic (exact) mass is 390 g/mol. The molecular weight excluding hydrogens is 364 g/mol. The van der Waals surface area contributed by atoms with E-state index in [-0.39, 0.29) is 6.04 Å². The van der Waals surface area contributed by atoms with Crippen LogP contribution in [0.3, 0.4) is 0 Å². The van der Waals surface area contributed by atoms with Gasteiger partial charge in [-0.1, -0.05) is 18.2 Å². The van der Waals surface area contributed by atoms with Gasteiger partial charge in [-0.25, -0.2) is 0 Å². The minimum absolute atomic E-state index is 0.288. The lowest BCUT2D eigenvalue weighted by Gasteiger charge is -2.34. The summed E-state index contributed by atoms with van der Waals surface area (Å²) in [6.07, 6.45) is 1.85. The zero-order valence-electron chi connectivity index (χ0n) is 17.2. The summed E-state index contributed by atoms with van der Waals surface area (Å²) in [5.41, 5.74) is 4.77. The van der Waals surface area contributed by atoms with Crippen LogP contribution < -0.4 is 9.74 Å². The molecule has 29 heavy (non-hydrogen) atoms. The van der Waals surface area contributed by atoms with Crippen molar-refractivity contribution in [1.29, 1.82) is 0 Å². The summed E-state index contributed by atoms with van der Waals surface area (Å²) in [5, 5.41) is 13.0. The second-order valence-electron chi connectivity index (χ2n) is 7.88. The Bertz CT molecular complexity index is 1070. The minimum atomic E-state index is 0.288. The van der Waals surface area contributed by atoms with Crippen LogP contribution in [0.5, 0.6) is 5.75 Å². The Hall–Kier alpha value is -2.70. The molecule has 0 N–H and O–H groups in total. The Kier molecular flexibility index (Phi) is 4.60. The first-order valence-corrected chi connectivity index (χ1v) is 10.3. The molecule has 6 heteroatoms. The van der Waals surface area contributed by atoms with Crippen LogP contribution in [0.15, 0.2) is 36.5 Å². The van der Waals surface area contributed by atoms with E-state index in [0.717, 1.165) is 60.8 Å². The van der Waals surface area contributed by atoms with Crippen LogP contribution in [-0.4, -0.2) is 47.6 Å². The van der Waals surface area contributed by atoms with E-state index in [1.165, 1.54) is 16.7 Å². The van der Waals surface area contributed by atoms with E-state index in [0.29, 0.717) is 0 Å². The van der Waals surface area contributed by atoms with Crippen LogP contribution in [0.1, 0.15) is 25.0 Å². The Balaban J connectivity index is 1.60. The molecule has 0 bridgehead atoms. The predicted octanol–water partition coefficient (Wildman–Crippen LogP) is 3.96. The summed E-state index contributed by atoms with van der Waals surface area (Å²) in [6, 6.07) is 11.2. The minimum Gasteiger partial charge on any atom is -0.405 e. The average Bonchev–Trinajstić information content (AvgIpc) is 3.16. The van der Waals surface area contributed by atoms with Gasteiger partial charge in [-0.05, 0) is 44.0 Å². The summed E-state index contributed by atoms with van der Waals surface area (Å²) < 4.78 is 5.59. The summed E-state index contributed by atoms with van der Waals surface area (Å²) in [7, 11) is 0. The van der Waals surface area contributed by atoms with Crippen LogP contribution in [-0.2, 0) is 11.3 Å². The fraction of sp³-hybridized carbons (Fsp3) is 0.391. The van der Waals surface area contributed by atoms with E-state index in [2.05, 4.69) is 66.2 Å². The highest BCUT2D eigenvalue weighted by molar-refractivity contribution is 5.95. The van der Waals surface area contributed by atoms with Crippen LogP contribution in [0.25, 0.3) is 21.9 Å². The quantitative estimate of drug-likeness (QED) is 0.675. The van der Waals surface area contributed by atoms with Crippen LogP contribution in [0, 0.1) is 6.92 Å². The van der Waals surface area contributed by atoms with E-state index in [9.17, 15) is 0 Å². The third-order valence-electron chi connectivity index (χ3n) is 5.94. The summed E-state index contributed by atoms with van der Waals surface area (Å²) >= 11 is 0. The molecule has 1 fully saturated rings. The molecule has 0 radical (unpaired) electrons. The van der Waals surface area contributed by atoms with Crippen molar-refractivity contribution in [3.8, 4) is 16.9 Å². The van der Waals surface area contributed by atoms with Crippen molar-refractivity contribution < 1.29 is 9.57 Å². The van der Waals surface area contributed by atoms with Gasteiger partial charge in [0.2, 0.25) is 0 Å². The maximum atomic E-state index is 6.15. The molecular formula is C23H26N4O2. The van der Waals surface area contributed by atoms with Gasteiger partial charge in [0, 0.05) is 35.0 Å². The fourth-order valence-electron chi connectivity index (χ4n) is 4.32. The molecule has 2 aliphatic rings. The second kappa shape index (κ2) is 7.28. The predicted molar refractivity (Wildman–Crippen MR) is 114 cm³/mol. The van der Waals surface area contributed by atoms with Crippen molar-refractivity contribution >= 4 is 16.6 Å². The molecule has 3 heterocycles. The van der Waals surface area contributed by atoms with E-state index in [4.69, 9.17) is 9.57 Å². The number of aromatic nitrogens is 2. The first-order chi connectivity index (χ1) is 14.2. The molecule has 2 aromatic carbocycles. The van der Waals surface area contributed by atoms with Crippen molar-refractivity contribution in [3.05, 3.63) is 47.7 Å². The van der Waals surface area contributed by atoms with Crippen molar-refractivity contribution in [2.24, 2.45) is 0 Å². The maximum Gasteiger partial charge on any atom is 0.160 e. The molecule has 0 unspecified atom stereocenters. The molecule has 1 aromatic heterocycles. The molecule has 0 aliphatic carbocycles. The molecule has 5 rings (SSSR count). The number of nitrogens with zero attached hydrogens (tertiary/aromatic N) is 4. The van der Waals surface area contributed by atoms with Gasteiger partial charge in [0.15, 0.2) is 11.6 Å². The van der Waals surface area contributed by atoms with Gasteiger partial charge in [-0.3, -0.25) is 0 Å². The lowest BCUT2D eigenvalue weighted by Crippen LogP contribution is -2.44. The van der Waals surface area contributed by atoms with E-state index >= 15 is 0 Å². The van der Waals surface area contributed by atoms with Gasteiger partial charge in [-0.2, -0.15) is 5.10 Å². The van der Waals surface area contributed by atoms with Gasteiger partial charge in [0.05, 0.1) is 32.0 Å². The first-order valence-electron chi connectivity index (χ1n) is 10.3. The average molecular weight is 390 g/mol. The SMILES string of the molecule is CCN1Cc2ccc(C)c(-c3ccc4c(N5CCOC[C@@H]5C)nncc4c3)c2O1. The summed E-state index contributed by atoms with van der Waals surface area (Å²) in [4.78, 5) is 8.45. The summed E-state index contributed by atoms with van der Waals surface area (Å²) in [6.45, 7) is 10.4. The lowest BCUT2D eigenvalue weighted by atomic mass is 9.95. The van der Waals surface area contributed by atoms with Crippen molar-refractivity contribution in [2.75, 3.05) is 31.2 Å². The molecule has 1 saturated heterocycles. The molecule has 6 nitrogen and oxygen atoms in total. The largest absolute Gasteiger partial charge is 0.405 e. The zero-order chi connectivity index (χ0) is 20.0. The second-order valence-corrected chi connectivity index (χ2v) is 7.88. The number of anilines is 1. The fourth-order valence-corrected chi connectivity index (χ4v) is 4.32. The van der Waals surface area contributed by atoms with Gasteiger partial charge >= 0.3 is 0 Å². The molecule has 150 valence electrons. The normalized spacial score (nSPS) is 19.4. The number of fused-ring (bicyclic) bond motifs is 2. The van der Waals surface area contributed by atoms with Crippen LogP contribution in [0.2, 0.25) is 0 Å². The Morgan fingerprint density at radius 2 is 2.10 bits per heavy atom. The van der Waals surface area contributed by atoms with Crippen LogP contribution in [0.4, 0.5) is 5.82 Å². The first kappa shape index (κ1) is 18.3. The van der Waals surface area contributed by atoms with Gasteiger partial charge < -0.3 is 14.5 Å². The third kappa shape index (κ3) is 3.12. The van der Waals surface area contributed by atoms with Gasteiger partial charge in [0.25, 0.3) is 0 Å². The number of aryl methyl sites for hydroxylation is 1.